The zero-order chi connectivity index (χ0) is 20.4. The van der Waals surface area contributed by atoms with Gasteiger partial charge in [0.05, 0.1) is 11.6 Å². The van der Waals surface area contributed by atoms with Crippen LogP contribution in [0.5, 0.6) is 0 Å². The van der Waals surface area contributed by atoms with Gasteiger partial charge in [0.2, 0.25) is 0 Å². The van der Waals surface area contributed by atoms with E-state index in [9.17, 15) is 19.1 Å². The van der Waals surface area contributed by atoms with Gasteiger partial charge in [-0.25, -0.2) is 4.39 Å². The zero-order valence-corrected chi connectivity index (χ0v) is 15.3. The molecule has 1 atom stereocenters. The highest BCUT2D eigenvalue weighted by molar-refractivity contribution is 6.46. The molecule has 0 aliphatic carbocycles. The van der Waals surface area contributed by atoms with E-state index in [1.165, 1.54) is 29.2 Å². The number of likely N-dealkylation sites (tertiary alicyclic amines) is 1. The molecule has 0 bridgehead atoms. The molecule has 0 unspecified atom stereocenters. The number of pyridine rings is 1. The molecule has 1 amide bonds. The number of hydrogen-bond donors (Lipinski definition) is 1. The van der Waals surface area contributed by atoms with Gasteiger partial charge >= 0.3 is 0 Å². The van der Waals surface area contributed by atoms with Crippen molar-refractivity contribution in [1.29, 1.82) is 0 Å². The number of nitrogens with zero attached hydrogens (tertiary/aromatic N) is 2. The second kappa shape index (κ2) is 7.67. The third-order valence-electron chi connectivity index (χ3n) is 4.85. The fraction of sp³-hybridized carbons (Fsp3) is 0.0870. The average Bonchev–Trinajstić information content (AvgIpc) is 3.00. The van der Waals surface area contributed by atoms with E-state index >= 15 is 0 Å². The summed E-state index contributed by atoms with van der Waals surface area (Å²) in [6, 6.07) is 17.1. The number of aromatic nitrogens is 1. The molecule has 29 heavy (non-hydrogen) atoms. The van der Waals surface area contributed by atoms with Crippen LogP contribution in [-0.4, -0.2) is 26.7 Å². The second-order valence-corrected chi connectivity index (χ2v) is 6.71. The molecular weight excluding hydrogens is 371 g/mol. The SMILES string of the molecule is O=C1C(=O)N(Cc2ccccc2)[C@H](c2cccnc2)C1=C(O)c1ccc(F)cc1. The van der Waals surface area contributed by atoms with Crippen LogP contribution in [0.1, 0.15) is 22.7 Å². The summed E-state index contributed by atoms with van der Waals surface area (Å²) in [5.74, 6) is -2.29. The molecule has 5 nitrogen and oxygen atoms in total. The molecule has 1 saturated heterocycles. The molecule has 1 fully saturated rings. The fourth-order valence-electron chi connectivity index (χ4n) is 3.47. The quantitative estimate of drug-likeness (QED) is 0.419. The summed E-state index contributed by atoms with van der Waals surface area (Å²) in [4.78, 5) is 31.2. The molecule has 1 N–H and O–H groups in total. The Kier molecular flexibility index (Phi) is 4.91. The molecule has 3 aromatic rings. The first-order chi connectivity index (χ1) is 14.1. The highest BCUT2D eigenvalue weighted by Gasteiger charge is 2.46. The Morgan fingerprint density at radius 1 is 1.00 bits per heavy atom. The Morgan fingerprint density at radius 3 is 2.38 bits per heavy atom. The van der Waals surface area contributed by atoms with Crippen molar-refractivity contribution in [3.8, 4) is 0 Å². The third kappa shape index (κ3) is 3.52. The smallest absolute Gasteiger partial charge is 0.295 e. The minimum absolute atomic E-state index is 0.0365. The van der Waals surface area contributed by atoms with E-state index in [4.69, 9.17) is 0 Å². The summed E-state index contributed by atoms with van der Waals surface area (Å²) < 4.78 is 13.3. The maximum absolute atomic E-state index is 13.3. The van der Waals surface area contributed by atoms with Gasteiger partial charge in [-0.05, 0) is 41.5 Å². The Morgan fingerprint density at radius 2 is 1.72 bits per heavy atom. The highest BCUT2D eigenvalue weighted by Crippen LogP contribution is 2.39. The minimum atomic E-state index is -0.797. The number of ketones is 1. The normalized spacial score (nSPS) is 18.2. The fourth-order valence-corrected chi connectivity index (χ4v) is 3.47. The Labute approximate surface area is 166 Å². The second-order valence-electron chi connectivity index (χ2n) is 6.71. The van der Waals surface area contributed by atoms with Gasteiger partial charge in [-0.15, -0.1) is 0 Å². The lowest BCUT2D eigenvalue weighted by Crippen LogP contribution is -2.29. The van der Waals surface area contributed by atoms with Crippen molar-refractivity contribution in [3.63, 3.8) is 0 Å². The maximum Gasteiger partial charge on any atom is 0.295 e. The van der Waals surface area contributed by atoms with Gasteiger partial charge in [-0.2, -0.15) is 0 Å². The number of aliphatic hydroxyl groups excluding tert-OH is 1. The summed E-state index contributed by atoms with van der Waals surface area (Å²) in [6.45, 7) is 0.200. The number of hydrogen-bond acceptors (Lipinski definition) is 4. The molecule has 0 saturated carbocycles. The van der Waals surface area contributed by atoms with Crippen LogP contribution in [0.4, 0.5) is 4.39 Å². The minimum Gasteiger partial charge on any atom is -0.507 e. The first kappa shape index (κ1) is 18.6. The predicted octanol–water partition coefficient (Wildman–Crippen LogP) is 3.84. The van der Waals surface area contributed by atoms with E-state index < -0.39 is 23.5 Å². The summed E-state index contributed by atoms with van der Waals surface area (Å²) in [6.07, 6.45) is 3.15. The van der Waals surface area contributed by atoms with Crippen molar-refractivity contribution < 1.29 is 19.1 Å². The van der Waals surface area contributed by atoms with Crippen molar-refractivity contribution in [2.75, 3.05) is 0 Å². The number of rotatable bonds is 4. The van der Waals surface area contributed by atoms with Crippen molar-refractivity contribution in [2.24, 2.45) is 0 Å². The van der Waals surface area contributed by atoms with Crippen molar-refractivity contribution >= 4 is 17.4 Å². The van der Waals surface area contributed by atoms with Crippen molar-refractivity contribution in [1.82, 2.24) is 9.88 Å². The number of carbonyl (C=O) groups is 2. The molecule has 2 heterocycles. The number of aliphatic hydroxyl groups is 1. The largest absolute Gasteiger partial charge is 0.507 e. The van der Waals surface area contributed by atoms with Crippen molar-refractivity contribution in [2.45, 2.75) is 12.6 Å². The average molecular weight is 388 g/mol. The lowest BCUT2D eigenvalue weighted by atomic mass is 9.96. The van der Waals surface area contributed by atoms with E-state index in [1.54, 1.807) is 24.5 Å². The van der Waals surface area contributed by atoms with Gasteiger partial charge in [0.1, 0.15) is 11.6 Å². The van der Waals surface area contributed by atoms with Gasteiger partial charge in [-0.3, -0.25) is 14.6 Å². The first-order valence-corrected chi connectivity index (χ1v) is 9.04. The number of halogens is 1. The summed E-state index contributed by atoms with van der Waals surface area (Å²) in [5, 5.41) is 10.9. The van der Waals surface area contributed by atoms with E-state index in [2.05, 4.69) is 4.98 Å². The molecular formula is C23H17FN2O3. The molecule has 4 rings (SSSR count). The number of benzene rings is 2. The Balaban J connectivity index is 1.85. The molecule has 1 aliphatic rings. The molecule has 0 radical (unpaired) electrons. The third-order valence-corrected chi connectivity index (χ3v) is 4.85. The zero-order valence-electron chi connectivity index (χ0n) is 15.3. The standard InChI is InChI=1S/C23H17FN2O3/c24-18-10-8-16(9-11-18)21(27)19-20(17-7-4-12-25-13-17)26(23(29)22(19)28)14-15-5-2-1-3-6-15/h1-13,20,27H,14H2/t20-/m1/s1. The number of amides is 1. The highest BCUT2D eigenvalue weighted by atomic mass is 19.1. The van der Waals surface area contributed by atoms with Gasteiger partial charge < -0.3 is 10.0 Å². The van der Waals surface area contributed by atoms with Crippen LogP contribution in [-0.2, 0) is 16.1 Å². The molecule has 1 aromatic heterocycles. The summed E-state index contributed by atoms with van der Waals surface area (Å²) in [7, 11) is 0. The van der Waals surface area contributed by atoms with Crippen molar-refractivity contribution in [3.05, 3.63) is 107 Å². The monoisotopic (exact) mass is 388 g/mol. The Hall–Kier alpha value is -3.80. The van der Waals surface area contributed by atoms with E-state index in [-0.39, 0.29) is 23.4 Å². The Bertz CT molecular complexity index is 1080. The predicted molar refractivity (Wildman–Crippen MR) is 105 cm³/mol. The maximum atomic E-state index is 13.3. The van der Waals surface area contributed by atoms with Crippen LogP contribution in [0.25, 0.3) is 5.76 Å². The van der Waals surface area contributed by atoms with Gasteiger partial charge in [0, 0.05) is 24.5 Å². The van der Waals surface area contributed by atoms with Crippen LogP contribution in [0, 0.1) is 5.82 Å². The number of Topliss-reactive ketones (excluding diaryl/α,β-unsaturated/α-hetero) is 1. The van der Waals surface area contributed by atoms with Crippen LogP contribution in [0.3, 0.4) is 0 Å². The molecule has 144 valence electrons. The van der Waals surface area contributed by atoms with Crippen LogP contribution >= 0.6 is 0 Å². The molecule has 2 aromatic carbocycles. The molecule has 6 heteroatoms. The van der Waals surface area contributed by atoms with Gasteiger partial charge in [0.15, 0.2) is 0 Å². The topological polar surface area (TPSA) is 70.5 Å². The summed E-state index contributed by atoms with van der Waals surface area (Å²) >= 11 is 0. The van der Waals surface area contributed by atoms with Gasteiger partial charge in [0.25, 0.3) is 11.7 Å². The van der Waals surface area contributed by atoms with Crippen LogP contribution in [0.2, 0.25) is 0 Å². The van der Waals surface area contributed by atoms with Crippen LogP contribution < -0.4 is 0 Å². The first-order valence-electron chi connectivity index (χ1n) is 9.04. The number of carbonyl (C=O) groups excluding carboxylic acids is 2. The van der Waals surface area contributed by atoms with E-state index in [1.807, 2.05) is 30.3 Å². The molecule has 1 aliphatic heterocycles. The van der Waals surface area contributed by atoms with E-state index in [0.29, 0.717) is 5.56 Å². The lowest BCUT2D eigenvalue weighted by molar-refractivity contribution is -0.140. The molecule has 0 spiro atoms. The lowest BCUT2D eigenvalue weighted by Gasteiger charge is -2.25. The van der Waals surface area contributed by atoms with E-state index in [0.717, 1.165) is 5.56 Å². The van der Waals surface area contributed by atoms with Crippen LogP contribution in [0.15, 0.2) is 84.7 Å². The summed E-state index contributed by atoms with van der Waals surface area (Å²) in [5.41, 5.74) is 1.68. The van der Waals surface area contributed by atoms with Gasteiger partial charge in [-0.1, -0.05) is 36.4 Å².